The maximum atomic E-state index is 11.2. The van der Waals surface area contributed by atoms with Gasteiger partial charge in [0.05, 0.1) is 5.75 Å². The van der Waals surface area contributed by atoms with Crippen molar-refractivity contribution in [3.8, 4) is 0 Å². The lowest BCUT2D eigenvalue weighted by Crippen LogP contribution is -2.27. The molecule has 0 saturated carbocycles. The zero-order valence-corrected chi connectivity index (χ0v) is 13.4. The van der Waals surface area contributed by atoms with Gasteiger partial charge in [0.2, 0.25) is 0 Å². The van der Waals surface area contributed by atoms with Crippen LogP contribution in [0.1, 0.15) is 78.1 Å². The molecule has 1 atom stereocenters. The summed E-state index contributed by atoms with van der Waals surface area (Å²) in [6, 6.07) is 0. The van der Waals surface area contributed by atoms with Crippen LogP contribution in [0.3, 0.4) is 0 Å². The Morgan fingerprint density at radius 3 is 1.84 bits per heavy atom. The molecule has 0 aliphatic heterocycles. The van der Waals surface area contributed by atoms with Crippen LogP contribution in [-0.4, -0.2) is 20.4 Å². The van der Waals surface area contributed by atoms with Crippen LogP contribution in [0.2, 0.25) is 0 Å². The molecular formula is C14H31NO3S. The second kappa shape index (κ2) is 11.7. The number of hydrogen-bond donors (Lipinski definition) is 1. The molecule has 1 unspecified atom stereocenters. The van der Waals surface area contributed by atoms with Gasteiger partial charge in [-0.1, -0.05) is 58.3 Å². The summed E-state index contributed by atoms with van der Waals surface area (Å²) in [7, 11) is -3.40. The van der Waals surface area contributed by atoms with Crippen LogP contribution in [0.4, 0.5) is 0 Å². The van der Waals surface area contributed by atoms with E-state index >= 15 is 0 Å². The van der Waals surface area contributed by atoms with Crippen LogP contribution < -0.4 is 5.73 Å². The van der Waals surface area contributed by atoms with Crippen LogP contribution in [0.5, 0.6) is 0 Å². The molecule has 19 heavy (non-hydrogen) atoms. The molecule has 5 heteroatoms. The van der Waals surface area contributed by atoms with E-state index in [1.165, 1.54) is 44.9 Å². The Morgan fingerprint density at radius 2 is 1.37 bits per heavy atom. The van der Waals surface area contributed by atoms with E-state index in [0.29, 0.717) is 6.42 Å². The summed E-state index contributed by atoms with van der Waals surface area (Å²) in [5.41, 5.74) is 5.63. The van der Waals surface area contributed by atoms with Crippen molar-refractivity contribution in [1.29, 1.82) is 0 Å². The Bertz CT molecular complexity index is 291. The third kappa shape index (κ3) is 12.6. The lowest BCUT2D eigenvalue weighted by atomic mass is 10.1. The topological polar surface area (TPSA) is 69.4 Å². The third-order valence-corrected chi connectivity index (χ3v) is 4.46. The zero-order valence-electron chi connectivity index (χ0n) is 12.6. The minimum absolute atomic E-state index is 0.0154. The third-order valence-electron chi connectivity index (χ3n) is 3.22. The summed E-state index contributed by atoms with van der Waals surface area (Å²) in [6.45, 7) is 3.78. The smallest absolute Gasteiger partial charge is 0.268 e. The van der Waals surface area contributed by atoms with E-state index in [1.807, 2.05) is 0 Å². The molecule has 0 saturated heterocycles. The molecular weight excluding hydrogens is 262 g/mol. The molecule has 0 radical (unpaired) electrons. The number of hydrogen-bond acceptors (Lipinski definition) is 4. The van der Waals surface area contributed by atoms with Crippen molar-refractivity contribution in [2.45, 2.75) is 84.3 Å². The summed E-state index contributed by atoms with van der Waals surface area (Å²) >= 11 is 0. The van der Waals surface area contributed by atoms with E-state index in [4.69, 9.17) is 9.92 Å². The SMILES string of the molecule is CCCCCCCCCCCC(N)OS(=O)(=O)CC. The predicted octanol–water partition coefficient (Wildman–Crippen LogP) is 3.56. The summed E-state index contributed by atoms with van der Waals surface area (Å²) in [5.74, 6) is -0.0154. The van der Waals surface area contributed by atoms with Crippen molar-refractivity contribution < 1.29 is 12.6 Å². The minimum atomic E-state index is -3.40. The van der Waals surface area contributed by atoms with Crippen molar-refractivity contribution in [3.05, 3.63) is 0 Å². The molecule has 0 aliphatic rings. The Labute approximate surface area is 119 Å². The zero-order chi connectivity index (χ0) is 14.6. The molecule has 0 aromatic carbocycles. The van der Waals surface area contributed by atoms with E-state index < -0.39 is 16.3 Å². The Kier molecular flexibility index (Phi) is 11.6. The Morgan fingerprint density at radius 1 is 0.895 bits per heavy atom. The van der Waals surface area contributed by atoms with Gasteiger partial charge in [-0.05, 0) is 19.8 Å². The maximum Gasteiger partial charge on any atom is 0.268 e. The summed E-state index contributed by atoms with van der Waals surface area (Å²) < 4.78 is 27.1. The average Bonchev–Trinajstić information content (AvgIpc) is 2.36. The van der Waals surface area contributed by atoms with Gasteiger partial charge in [0.15, 0.2) is 0 Å². The fourth-order valence-corrected chi connectivity index (χ4v) is 2.57. The van der Waals surface area contributed by atoms with Crippen LogP contribution in [0.25, 0.3) is 0 Å². The average molecular weight is 293 g/mol. The molecule has 116 valence electrons. The highest BCUT2D eigenvalue weighted by Crippen LogP contribution is 2.11. The molecule has 0 heterocycles. The molecule has 0 fully saturated rings. The second-order valence-corrected chi connectivity index (χ2v) is 6.98. The number of unbranched alkanes of at least 4 members (excludes halogenated alkanes) is 8. The number of rotatable bonds is 13. The first-order valence-corrected chi connectivity index (χ1v) is 9.26. The Hall–Kier alpha value is -0.130. The normalized spacial score (nSPS) is 13.6. The lowest BCUT2D eigenvalue weighted by molar-refractivity contribution is 0.202. The van der Waals surface area contributed by atoms with Gasteiger partial charge in [-0.3, -0.25) is 4.18 Å². The molecule has 0 rings (SSSR count). The van der Waals surface area contributed by atoms with Gasteiger partial charge < -0.3 is 5.73 Å². The summed E-state index contributed by atoms with van der Waals surface area (Å²) in [6.07, 6.45) is 11.1. The second-order valence-electron chi connectivity index (χ2n) is 5.10. The van der Waals surface area contributed by atoms with E-state index in [0.717, 1.165) is 12.8 Å². The standard InChI is InChI=1S/C14H31NO3S/c1-3-5-6-7-8-9-10-11-12-13-14(15)18-19(16,17)4-2/h14H,3-13,15H2,1-2H3. The lowest BCUT2D eigenvalue weighted by Gasteiger charge is -2.11. The van der Waals surface area contributed by atoms with Gasteiger partial charge in [0.1, 0.15) is 6.23 Å². The monoisotopic (exact) mass is 293 g/mol. The number of nitrogens with two attached hydrogens (primary N) is 1. The van der Waals surface area contributed by atoms with E-state index in [-0.39, 0.29) is 5.75 Å². The van der Waals surface area contributed by atoms with Crippen molar-refractivity contribution in [3.63, 3.8) is 0 Å². The van der Waals surface area contributed by atoms with Crippen LogP contribution in [0.15, 0.2) is 0 Å². The molecule has 2 N–H and O–H groups in total. The Balaban J connectivity index is 3.35. The first kappa shape index (κ1) is 18.9. The van der Waals surface area contributed by atoms with Crippen molar-refractivity contribution >= 4 is 10.1 Å². The quantitative estimate of drug-likeness (QED) is 0.320. The van der Waals surface area contributed by atoms with Gasteiger partial charge >= 0.3 is 0 Å². The highest BCUT2D eigenvalue weighted by molar-refractivity contribution is 7.86. The maximum absolute atomic E-state index is 11.2. The largest absolute Gasteiger partial charge is 0.305 e. The molecule has 0 aromatic heterocycles. The first-order chi connectivity index (χ1) is 9.02. The molecule has 0 amide bonds. The highest BCUT2D eigenvalue weighted by atomic mass is 32.2. The molecule has 0 spiro atoms. The van der Waals surface area contributed by atoms with Gasteiger partial charge in [0.25, 0.3) is 10.1 Å². The molecule has 0 aromatic rings. The minimum Gasteiger partial charge on any atom is -0.305 e. The fourth-order valence-electron chi connectivity index (χ4n) is 1.96. The van der Waals surface area contributed by atoms with E-state index in [1.54, 1.807) is 6.92 Å². The van der Waals surface area contributed by atoms with Crippen molar-refractivity contribution in [1.82, 2.24) is 0 Å². The molecule has 0 aliphatic carbocycles. The summed E-state index contributed by atoms with van der Waals surface area (Å²) in [5, 5.41) is 0. The molecule has 4 nitrogen and oxygen atoms in total. The van der Waals surface area contributed by atoms with Crippen LogP contribution in [-0.2, 0) is 14.3 Å². The van der Waals surface area contributed by atoms with E-state index in [2.05, 4.69) is 6.92 Å². The first-order valence-electron chi connectivity index (χ1n) is 7.68. The van der Waals surface area contributed by atoms with Gasteiger partial charge in [-0.15, -0.1) is 0 Å². The van der Waals surface area contributed by atoms with Crippen LogP contribution in [0, 0.1) is 0 Å². The highest BCUT2D eigenvalue weighted by Gasteiger charge is 2.13. The van der Waals surface area contributed by atoms with E-state index in [9.17, 15) is 8.42 Å². The predicted molar refractivity (Wildman–Crippen MR) is 80.4 cm³/mol. The molecule has 0 bridgehead atoms. The van der Waals surface area contributed by atoms with Gasteiger partial charge in [-0.2, -0.15) is 8.42 Å². The van der Waals surface area contributed by atoms with Crippen molar-refractivity contribution in [2.75, 3.05) is 5.75 Å². The van der Waals surface area contributed by atoms with Crippen LogP contribution >= 0.6 is 0 Å². The van der Waals surface area contributed by atoms with Gasteiger partial charge in [-0.25, -0.2) is 0 Å². The van der Waals surface area contributed by atoms with Crippen molar-refractivity contribution in [2.24, 2.45) is 5.73 Å². The fraction of sp³-hybridized carbons (Fsp3) is 1.00. The summed E-state index contributed by atoms with van der Waals surface area (Å²) in [4.78, 5) is 0. The van der Waals surface area contributed by atoms with Gasteiger partial charge in [0, 0.05) is 0 Å².